The lowest BCUT2D eigenvalue weighted by atomic mass is 9.99. The first kappa shape index (κ1) is 25.9. The highest BCUT2D eigenvalue weighted by Gasteiger charge is 2.40. The van der Waals surface area contributed by atoms with Gasteiger partial charge in [-0.3, -0.25) is 5.32 Å². The van der Waals surface area contributed by atoms with E-state index < -0.39 is 0 Å². The van der Waals surface area contributed by atoms with Gasteiger partial charge in [0.05, 0.1) is 19.9 Å². The van der Waals surface area contributed by atoms with E-state index in [-0.39, 0.29) is 19.1 Å². The Labute approximate surface area is 180 Å². The van der Waals surface area contributed by atoms with E-state index in [1.807, 2.05) is 26.0 Å². The molecule has 1 aromatic rings. The molecule has 0 amide bonds. The molecular formula is C25H47NO3. The Kier molecular flexibility index (Phi) is 11.9. The number of aryl methyl sites for hydroxylation is 1. The Morgan fingerprint density at radius 3 is 2.41 bits per heavy atom. The molecule has 0 aliphatic heterocycles. The monoisotopic (exact) mass is 409 g/mol. The molecule has 2 aliphatic rings. The first-order chi connectivity index (χ1) is 13.8. The fraction of sp³-hybridized carbons (Fsp3) is 0.760. The number of aliphatic hydroxyl groups excluding tert-OH is 1. The minimum atomic E-state index is 0. The van der Waals surface area contributed by atoms with Crippen molar-refractivity contribution in [3.63, 3.8) is 0 Å². The third kappa shape index (κ3) is 12.9. The predicted octanol–water partition coefficient (Wildman–Crippen LogP) is 5.96. The van der Waals surface area contributed by atoms with Crippen molar-refractivity contribution < 1.29 is 16.0 Å². The van der Waals surface area contributed by atoms with Crippen LogP contribution in [0.3, 0.4) is 0 Å². The van der Waals surface area contributed by atoms with E-state index >= 15 is 0 Å². The maximum Gasteiger partial charge on any atom is 0.119 e. The number of hydrogen-bond acceptors (Lipinski definition) is 4. The average molecular weight is 410 g/mol. The SMILES string of the molecule is CC.CC(C)(C)COCCCC1(NCO)CC1.Cc1cccc(OCC2CC2)c1.[HH]. The highest BCUT2D eigenvalue weighted by molar-refractivity contribution is 5.27. The largest absolute Gasteiger partial charge is 0.493 e. The molecule has 4 heteroatoms. The fourth-order valence-corrected chi connectivity index (χ4v) is 2.93. The van der Waals surface area contributed by atoms with Crippen molar-refractivity contribution in [3.8, 4) is 5.75 Å². The minimum Gasteiger partial charge on any atom is -0.493 e. The molecule has 0 heterocycles. The first-order valence-corrected chi connectivity index (χ1v) is 11.5. The smallest absolute Gasteiger partial charge is 0.119 e. The van der Waals surface area contributed by atoms with E-state index in [1.165, 1.54) is 31.2 Å². The van der Waals surface area contributed by atoms with Gasteiger partial charge >= 0.3 is 0 Å². The molecule has 29 heavy (non-hydrogen) atoms. The van der Waals surface area contributed by atoms with Gasteiger partial charge in [0, 0.05) is 13.6 Å². The van der Waals surface area contributed by atoms with Crippen LogP contribution in [0.5, 0.6) is 5.75 Å². The van der Waals surface area contributed by atoms with Crippen molar-refractivity contribution in [2.45, 2.75) is 85.6 Å². The van der Waals surface area contributed by atoms with E-state index in [2.05, 4.69) is 45.1 Å². The molecule has 4 nitrogen and oxygen atoms in total. The van der Waals surface area contributed by atoms with Crippen molar-refractivity contribution in [2.75, 3.05) is 26.6 Å². The number of aliphatic hydroxyl groups is 1. The lowest BCUT2D eigenvalue weighted by Crippen LogP contribution is -2.32. The quantitative estimate of drug-likeness (QED) is 0.370. The Balaban J connectivity index is 0.000000510. The van der Waals surface area contributed by atoms with Crippen LogP contribution in [0.2, 0.25) is 0 Å². The highest BCUT2D eigenvalue weighted by atomic mass is 16.5. The summed E-state index contributed by atoms with van der Waals surface area (Å²) in [7, 11) is 0. The molecule has 0 radical (unpaired) electrons. The molecule has 0 bridgehead atoms. The molecular weight excluding hydrogens is 362 g/mol. The summed E-state index contributed by atoms with van der Waals surface area (Å²) < 4.78 is 11.2. The van der Waals surface area contributed by atoms with Crippen LogP contribution in [-0.2, 0) is 4.74 Å². The Morgan fingerprint density at radius 1 is 1.21 bits per heavy atom. The van der Waals surface area contributed by atoms with Crippen molar-refractivity contribution in [2.24, 2.45) is 11.3 Å². The van der Waals surface area contributed by atoms with Gasteiger partial charge in [-0.2, -0.15) is 0 Å². The third-order valence-electron chi connectivity index (χ3n) is 4.96. The number of ether oxygens (including phenoxy) is 2. The van der Waals surface area contributed by atoms with Crippen molar-refractivity contribution in [1.82, 2.24) is 5.32 Å². The molecule has 2 saturated carbocycles. The van der Waals surface area contributed by atoms with Gasteiger partial charge in [-0.1, -0.05) is 46.8 Å². The molecule has 0 saturated heterocycles. The van der Waals surface area contributed by atoms with E-state index in [1.54, 1.807) is 0 Å². The number of nitrogens with one attached hydrogen (secondary N) is 1. The van der Waals surface area contributed by atoms with Crippen LogP contribution < -0.4 is 10.1 Å². The average Bonchev–Trinajstić information content (AvgIpc) is 3.59. The number of rotatable bonds is 10. The summed E-state index contributed by atoms with van der Waals surface area (Å²) in [6.07, 6.45) is 7.32. The fourth-order valence-electron chi connectivity index (χ4n) is 2.93. The zero-order chi connectivity index (χ0) is 21.8. The van der Waals surface area contributed by atoms with Gasteiger partial charge in [-0.15, -0.1) is 0 Å². The maximum absolute atomic E-state index is 8.81. The first-order valence-electron chi connectivity index (χ1n) is 11.5. The van der Waals surface area contributed by atoms with Crippen LogP contribution in [0.4, 0.5) is 0 Å². The Hall–Kier alpha value is -1.10. The molecule has 2 fully saturated rings. The molecule has 2 aliphatic carbocycles. The summed E-state index contributed by atoms with van der Waals surface area (Å²) >= 11 is 0. The topological polar surface area (TPSA) is 50.7 Å². The van der Waals surface area contributed by atoms with E-state index in [0.717, 1.165) is 44.3 Å². The number of benzene rings is 1. The van der Waals surface area contributed by atoms with Crippen LogP contribution in [-0.4, -0.2) is 37.2 Å². The summed E-state index contributed by atoms with van der Waals surface area (Å²) in [6, 6.07) is 8.24. The van der Waals surface area contributed by atoms with Gasteiger partial charge in [-0.25, -0.2) is 0 Å². The zero-order valence-corrected chi connectivity index (χ0v) is 19.7. The van der Waals surface area contributed by atoms with Crippen LogP contribution >= 0.6 is 0 Å². The number of hydrogen-bond donors (Lipinski definition) is 2. The molecule has 2 N–H and O–H groups in total. The van der Waals surface area contributed by atoms with Gasteiger partial charge in [0.15, 0.2) is 0 Å². The lowest BCUT2D eigenvalue weighted by Gasteiger charge is -2.19. The van der Waals surface area contributed by atoms with Crippen LogP contribution in [0.15, 0.2) is 24.3 Å². The molecule has 170 valence electrons. The molecule has 0 aromatic heterocycles. The second-order valence-electron chi connectivity index (χ2n) is 9.40. The minimum absolute atomic E-state index is 0. The van der Waals surface area contributed by atoms with Gasteiger partial charge in [0.25, 0.3) is 0 Å². The van der Waals surface area contributed by atoms with E-state index in [0.29, 0.717) is 0 Å². The van der Waals surface area contributed by atoms with E-state index in [9.17, 15) is 0 Å². The van der Waals surface area contributed by atoms with Crippen molar-refractivity contribution in [3.05, 3.63) is 29.8 Å². The summed E-state index contributed by atoms with van der Waals surface area (Å²) in [6.45, 7) is 15.3. The van der Waals surface area contributed by atoms with Gasteiger partial charge in [0.1, 0.15) is 5.75 Å². The molecule has 0 unspecified atom stereocenters. The highest BCUT2D eigenvalue weighted by Crippen LogP contribution is 2.39. The maximum atomic E-state index is 8.81. The second-order valence-corrected chi connectivity index (χ2v) is 9.40. The normalized spacial score (nSPS) is 16.8. The molecule has 3 rings (SSSR count). The summed E-state index contributed by atoms with van der Waals surface area (Å²) in [5.41, 5.74) is 1.78. The third-order valence-corrected chi connectivity index (χ3v) is 4.96. The molecule has 0 spiro atoms. The van der Waals surface area contributed by atoms with Crippen LogP contribution in [0.1, 0.15) is 80.1 Å². The van der Waals surface area contributed by atoms with Crippen LogP contribution in [0.25, 0.3) is 0 Å². The summed E-state index contributed by atoms with van der Waals surface area (Å²) in [5, 5.41) is 11.9. The Bertz CT molecular complexity index is 552. The molecule has 1 aromatic carbocycles. The summed E-state index contributed by atoms with van der Waals surface area (Å²) in [5.74, 6) is 1.85. The second kappa shape index (κ2) is 13.3. The van der Waals surface area contributed by atoms with Gasteiger partial charge in [0.2, 0.25) is 0 Å². The zero-order valence-electron chi connectivity index (χ0n) is 19.7. The van der Waals surface area contributed by atoms with Gasteiger partial charge in [-0.05, 0) is 74.5 Å². The van der Waals surface area contributed by atoms with Crippen molar-refractivity contribution >= 4 is 0 Å². The standard InChI is InChI=1S/C12H25NO2.C11H14O.C2H6.H2/c1-11(2,3)9-15-8-4-5-12(6-7-12)13-10-14;1-9-3-2-4-11(7-9)12-8-10-5-6-10;1-2;/h13-14H,4-10H2,1-3H3;2-4,7,10H,5-6,8H2,1H3;1-2H3;1H. The lowest BCUT2D eigenvalue weighted by molar-refractivity contribution is 0.0665. The summed E-state index contributed by atoms with van der Waals surface area (Å²) in [4.78, 5) is 0. The van der Waals surface area contributed by atoms with Crippen LogP contribution in [0, 0.1) is 18.3 Å². The predicted molar refractivity (Wildman–Crippen MR) is 125 cm³/mol. The van der Waals surface area contributed by atoms with Crippen molar-refractivity contribution in [1.29, 1.82) is 0 Å². The van der Waals surface area contributed by atoms with E-state index in [4.69, 9.17) is 14.6 Å². The molecule has 0 atom stereocenters. The van der Waals surface area contributed by atoms with Gasteiger partial charge < -0.3 is 14.6 Å². The Morgan fingerprint density at radius 2 is 1.90 bits per heavy atom.